The maximum atomic E-state index is 13.6. The Balaban J connectivity index is 1.47. The maximum Gasteiger partial charge on any atom is 0.408 e. The molecule has 15 heteroatoms. The van der Waals surface area contributed by atoms with Crippen LogP contribution in [0.25, 0.3) is 0 Å². The number of fused-ring (bicyclic) bond motifs is 1. The summed E-state index contributed by atoms with van der Waals surface area (Å²) >= 11 is 0. The van der Waals surface area contributed by atoms with Gasteiger partial charge in [-0.1, -0.05) is 12.1 Å². The predicted octanol–water partition coefficient (Wildman–Crippen LogP) is 6.63. The lowest BCUT2D eigenvalue weighted by Crippen LogP contribution is -2.46. The van der Waals surface area contributed by atoms with Gasteiger partial charge >= 0.3 is 12.1 Å². The molecule has 1 unspecified atom stereocenters. The molecule has 0 saturated heterocycles. The zero-order valence-electron chi connectivity index (χ0n) is 32.8. The Hall–Kier alpha value is -5.99. The molecular weight excluding hydrogens is 714 g/mol. The van der Waals surface area contributed by atoms with Crippen molar-refractivity contribution in [1.29, 1.82) is 0 Å². The minimum atomic E-state index is -1.16. The highest BCUT2D eigenvalue weighted by atomic mass is 16.6. The second kappa shape index (κ2) is 17.4. The van der Waals surface area contributed by atoms with Gasteiger partial charge in [-0.15, -0.1) is 0 Å². The third-order valence-corrected chi connectivity index (χ3v) is 8.00. The van der Waals surface area contributed by atoms with Crippen LogP contribution in [0.3, 0.4) is 0 Å². The van der Waals surface area contributed by atoms with Crippen molar-refractivity contribution in [3.63, 3.8) is 0 Å². The van der Waals surface area contributed by atoms with Crippen LogP contribution in [0.1, 0.15) is 93.2 Å². The fourth-order valence-corrected chi connectivity index (χ4v) is 5.69. The Morgan fingerprint density at radius 3 is 2.05 bits per heavy atom. The molecule has 3 aromatic rings. The van der Waals surface area contributed by atoms with Crippen LogP contribution in [0, 0.1) is 0 Å². The van der Waals surface area contributed by atoms with E-state index < -0.39 is 47.2 Å². The van der Waals surface area contributed by atoms with Crippen molar-refractivity contribution in [2.24, 2.45) is 0 Å². The number of ketones is 1. The summed E-state index contributed by atoms with van der Waals surface area (Å²) in [5.41, 5.74) is 0.0600. The zero-order valence-corrected chi connectivity index (χ0v) is 32.8. The number of benzene rings is 3. The SMILES string of the molecule is COc1ccc(NC(=O)CC[C@H](NC(=O)OC(C)(C)C)C(=O)OC(C)(C)C)cc1C(=O)Nc1cccc(C2CC(=O)c3c(cc(OC)c(OC)c3OC)O2)c1. The molecule has 1 aliphatic rings. The number of nitrogens with one attached hydrogen (secondary N) is 3. The first kappa shape index (κ1) is 41.8. The number of esters is 1. The molecule has 3 N–H and O–H groups in total. The zero-order chi connectivity index (χ0) is 40.7. The normalized spacial score (nSPS) is 14.3. The van der Waals surface area contributed by atoms with Crippen LogP contribution in [-0.2, 0) is 19.1 Å². The molecule has 0 fully saturated rings. The van der Waals surface area contributed by atoms with Gasteiger partial charge in [0, 0.05) is 23.9 Å². The van der Waals surface area contributed by atoms with E-state index >= 15 is 0 Å². The van der Waals surface area contributed by atoms with Crippen LogP contribution >= 0.6 is 0 Å². The third kappa shape index (κ3) is 11.0. The van der Waals surface area contributed by atoms with Gasteiger partial charge in [-0.2, -0.15) is 0 Å². The first-order valence-electron chi connectivity index (χ1n) is 17.5. The van der Waals surface area contributed by atoms with Crippen LogP contribution in [0.4, 0.5) is 16.2 Å². The van der Waals surface area contributed by atoms with E-state index in [9.17, 15) is 24.0 Å². The van der Waals surface area contributed by atoms with Gasteiger partial charge in [0.2, 0.25) is 11.7 Å². The van der Waals surface area contributed by atoms with Crippen molar-refractivity contribution in [3.8, 4) is 28.7 Å². The number of carbonyl (C=O) groups excluding carboxylic acids is 5. The van der Waals surface area contributed by atoms with Crippen molar-refractivity contribution < 1.29 is 57.1 Å². The number of hydrogen-bond donors (Lipinski definition) is 3. The second-order valence-electron chi connectivity index (χ2n) is 14.6. The van der Waals surface area contributed by atoms with Gasteiger partial charge in [0.15, 0.2) is 17.3 Å². The molecule has 0 aromatic heterocycles. The Kier molecular flexibility index (Phi) is 13.2. The van der Waals surface area contributed by atoms with E-state index in [0.29, 0.717) is 17.0 Å². The Morgan fingerprint density at radius 2 is 1.44 bits per heavy atom. The molecule has 296 valence electrons. The van der Waals surface area contributed by atoms with E-state index in [4.69, 9.17) is 33.2 Å². The van der Waals surface area contributed by atoms with Gasteiger partial charge in [0.05, 0.1) is 40.4 Å². The van der Waals surface area contributed by atoms with E-state index in [0.717, 1.165) is 0 Å². The maximum absolute atomic E-state index is 13.6. The number of rotatable bonds is 13. The molecule has 1 aliphatic heterocycles. The van der Waals surface area contributed by atoms with Crippen LogP contribution in [0.15, 0.2) is 48.5 Å². The van der Waals surface area contributed by atoms with Crippen LogP contribution < -0.4 is 39.6 Å². The van der Waals surface area contributed by atoms with Gasteiger partial charge in [0.1, 0.15) is 40.4 Å². The topological polar surface area (TPSA) is 186 Å². The molecule has 3 amide bonds. The molecule has 0 radical (unpaired) electrons. The van der Waals surface area contributed by atoms with Crippen LogP contribution in [0.2, 0.25) is 0 Å². The minimum Gasteiger partial charge on any atom is -0.496 e. The number of anilines is 2. The Labute approximate surface area is 320 Å². The van der Waals surface area contributed by atoms with Gasteiger partial charge in [0.25, 0.3) is 5.91 Å². The highest BCUT2D eigenvalue weighted by molar-refractivity contribution is 6.07. The highest BCUT2D eigenvalue weighted by Crippen LogP contribution is 2.49. The average Bonchev–Trinajstić information content (AvgIpc) is 3.10. The quantitative estimate of drug-likeness (QED) is 0.158. The van der Waals surface area contributed by atoms with E-state index in [-0.39, 0.29) is 64.9 Å². The standard InChI is InChI=1S/C40H49N3O12/c1-39(2,3)54-37(47)26(43-38(48)55-40(4,5)6)15-17-32(45)41-24-14-16-28(49-7)25(19-24)36(46)42-23-13-11-12-22(18-23)29-20-27(44)33-30(53-29)21-31(50-8)34(51-9)35(33)52-10/h11-14,16,18-19,21,26,29H,15,17,20H2,1-10H3,(H,41,45)(H,42,46)(H,43,48)/t26-,29?/m0/s1. The van der Waals surface area contributed by atoms with Gasteiger partial charge < -0.3 is 49.1 Å². The molecule has 4 rings (SSSR count). The summed E-state index contributed by atoms with van der Waals surface area (Å²) in [5.74, 6) is -0.614. The lowest BCUT2D eigenvalue weighted by molar-refractivity contribution is -0.157. The van der Waals surface area contributed by atoms with E-state index in [1.165, 1.54) is 40.6 Å². The van der Waals surface area contributed by atoms with E-state index in [2.05, 4.69) is 16.0 Å². The van der Waals surface area contributed by atoms with Crippen molar-refractivity contribution in [2.45, 2.75) is 84.2 Å². The average molecular weight is 764 g/mol. The molecule has 0 aliphatic carbocycles. The fourth-order valence-electron chi connectivity index (χ4n) is 5.69. The smallest absolute Gasteiger partial charge is 0.408 e. The number of hydrogen-bond acceptors (Lipinski definition) is 12. The second-order valence-corrected chi connectivity index (χ2v) is 14.6. The van der Waals surface area contributed by atoms with Gasteiger partial charge in [-0.25, -0.2) is 9.59 Å². The van der Waals surface area contributed by atoms with Gasteiger partial charge in [-0.05, 0) is 83.9 Å². The molecule has 0 saturated carbocycles. The minimum absolute atomic E-state index is 0.00138. The molecule has 55 heavy (non-hydrogen) atoms. The number of alkyl carbamates (subject to hydrolysis) is 1. The summed E-state index contributed by atoms with van der Waals surface area (Å²) in [6.07, 6.45) is -1.77. The van der Waals surface area contributed by atoms with Crippen molar-refractivity contribution in [3.05, 3.63) is 65.2 Å². The summed E-state index contributed by atoms with van der Waals surface area (Å²) in [5, 5.41) is 8.08. The highest BCUT2D eigenvalue weighted by Gasteiger charge is 2.35. The summed E-state index contributed by atoms with van der Waals surface area (Å²) in [6, 6.07) is 11.8. The number of carbonyl (C=O) groups is 5. The van der Waals surface area contributed by atoms with Crippen molar-refractivity contribution in [1.82, 2.24) is 5.32 Å². The molecule has 3 aromatic carbocycles. The first-order valence-corrected chi connectivity index (χ1v) is 17.5. The molecule has 2 atom stereocenters. The van der Waals surface area contributed by atoms with Crippen LogP contribution in [0.5, 0.6) is 28.7 Å². The first-order chi connectivity index (χ1) is 25.9. The third-order valence-electron chi connectivity index (χ3n) is 8.00. The van der Waals surface area contributed by atoms with E-state index in [1.807, 2.05) is 0 Å². The predicted molar refractivity (Wildman–Crippen MR) is 203 cm³/mol. The summed E-state index contributed by atoms with van der Waals surface area (Å²) in [7, 11) is 5.76. The summed E-state index contributed by atoms with van der Waals surface area (Å²) in [6.45, 7) is 10.1. The Bertz CT molecular complexity index is 1930. The number of methoxy groups -OCH3 is 4. The summed E-state index contributed by atoms with van der Waals surface area (Å²) in [4.78, 5) is 65.4. The van der Waals surface area contributed by atoms with Crippen LogP contribution in [-0.4, -0.2) is 75.3 Å². The Morgan fingerprint density at radius 1 is 0.782 bits per heavy atom. The number of ether oxygens (including phenoxy) is 7. The number of amides is 3. The fraction of sp³-hybridized carbons (Fsp3) is 0.425. The largest absolute Gasteiger partial charge is 0.496 e. The lowest BCUT2D eigenvalue weighted by atomic mass is 9.94. The van der Waals surface area contributed by atoms with Crippen molar-refractivity contribution >= 4 is 41.0 Å². The molecule has 1 heterocycles. The molecule has 0 bridgehead atoms. The van der Waals surface area contributed by atoms with E-state index in [1.54, 1.807) is 77.9 Å². The van der Waals surface area contributed by atoms with Gasteiger partial charge in [-0.3, -0.25) is 14.4 Å². The molecule has 0 spiro atoms. The number of Topliss-reactive ketones (excluding diaryl/α,β-unsaturated/α-hetero) is 1. The lowest BCUT2D eigenvalue weighted by Gasteiger charge is -2.28. The monoisotopic (exact) mass is 763 g/mol. The molecular formula is C40H49N3O12. The summed E-state index contributed by atoms with van der Waals surface area (Å²) < 4.78 is 38.8. The van der Waals surface area contributed by atoms with Crippen molar-refractivity contribution in [2.75, 3.05) is 39.1 Å². The molecule has 15 nitrogen and oxygen atoms in total.